The van der Waals surface area contributed by atoms with Gasteiger partial charge in [0, 0.05) is 14.4 Å². The average molecular weight is 446 g/mol. The second-order valence-electron chi connectivity index (χ2n) is 4.05. The van der Waals surface area contributed by atoms with E-state index < -0.39 is 11.6 Å². The molecule has 0 aliphatic rings. The molecule has 1 atom stereocenters. The monoisotopic (exact) mass is 443 g/mol. The van der Waals surface area contributed by atoms with Gasteiger partial charge >= 0.3 is 0 Å². The molecule has 0 aliphatic heterocycles. The van der Waals surface area contributed by atoms with Crippen LogP contribution in [-0.2, 0) is 0 Å². The van der Waals surface area contributed by atoms with E-state index in [2.05, 4.69) is 37.2 Å². The van der Waals surface area contributed by atoms with Crippen LogP contribution >= 0.6 is 54.8 Å². The minimum atomic E-state index is -0.942. The second-order valence-corrected chi connectivity index (χ2v) is 7.71. The zero-order valence-corrected chi connectivity index (χ0v) is 15.1. The molecule has 0 saturated carbocycles. The topological polar surface area (TPSA) is 12.0 Å². The summed E-state index contributed by atoms with van der Waals surface area (Å²) in [6.45, 7) is 2.62. The quantitative estimate of drug-likeness (QED) is 0.578. The molecule has 1 nitrogen and oxygen atoms in total. The third-order valence-electron chi connectivity index (χ3n) is 2.71. The van der Waals surface area contributed by atoms with Gasteiger partial charge in [0.1, 0.15) is 0 Å². The van der Waals surface area contributed by atoms with E-state index in [4.69, 9.17) is 11.6 Å². The molecule has 0 radical (unpaired) electrons. The molecule has 1 aromatic carbocycles. The van der Waals surface area contributed by atoms with Crippen LogP contribution in [0.4, 0.5) is 8.78 Å². The Morgan fingerprint density at radius 1 is 1.25 bits per heavy atom. The highest BCUT2D eigenvalue weighted by molar-refractivity contribution is 9.13. The molecule has 0 saturated heterocycles. The van der Waals surface area contributed by atoms with E-state index in [1.807, 2.05) is 13.0 Å². The molecule has 0 aliphatic carbocycles. The van der Waals surface area contributed by atoms with Gasteiger partial charge in [0.05, 0.1) is 9.83 Å². The Balaban J connectivity index is 2.50. The van der Waals surface area contributed by atoms with E-state index in [1.165, 1.54) is 11.3 Å². The van der Waals surface area contributed by atoms with E-state index in [1.54, 1.807) is 0 Å². The smallest absolute Gasteiger partial charge is 0.160 e. The molecule has 1 N–H and O–H groups in total. The number of benzene rings is 1. The van der Waals surface area contributed by atoms with Crippen LogP contribution in [0.3, 0.4) is 0 Å². The third-order valence-corrected chi connectivity index (χ3v) is 6.36. The molecule has 2 aromatic rings. The molecule has 0 bridgehead atoms. The first-order valence-electron chi connectivity index (χ1n) is 5.76. The Hall–Kier alpha value is -0.0100. The number of nitrogens with one attached hydrogen (secondary N) is 1. The van der Waals surface area contributed by atoms with Crippen molar-refractivity contribution in [2.45, 2.75) is 13.0 Å². The van der Waals surface area contributed by atoms with Crippen molar-refractivity contribution in [2.24, 2.45) is 0 Å². The highest BCUT2D eigenvalue weighted by atomic mass is 79.9. The molecular weight excluding hydrogens is 435 g/mol. The van der Waals surface area contributed by atoms with Gasteiger partial charge in [-0.25, -0.2) is 8.78 Å². The molecule has 2 rings (SSSR count). The maximum absolute atomic E-state index is 13.5. The minimum Gasteiger partial charge on any atom is -0.306 e. The molecular formula is C13H10Br2ClF2NS. The summed E-state index contributed by atoms with van der Waals surface area (Å²) in [6.07, 6.45) is 0. The van der Waals surface area contributed by atoms with Gasteiger partial charge in [0.25, 0.3) is 0 Å². The van der Waals surface area contributed by atoms with Gasteiger partial charge in [-0.05, 0) is 62.2 Å². The lowest BCUT2D eigenvalue weighted by Gasteiger charge is -2.18. The number of rotatable bonds is 4. The fraction of sp³-hybridized carbons (Fsp3) is 0.231. The van der Waals surface area contributed by atoms with Crippen molar-refractivity contribution >= 4 is 54.8 Å². The average Bonchev–Trinajstić information content (AvgIpc) is 2.71. The maximum atomic E-state index is 13.5. The fourth-order valence-corrected chi connectivity index (χ4v) is 4.28. The van der Waals surface area contributed by atoms with Crippen LogP contribution in [0.5, 0.6) is 0 Å². The van der Waals surface area contributed by atoms with Crippen molar-refractivity contribution in [3.05, 3.63) is 53.6 Å². The van der Waals surface area contributed by atoms with Gasteiger partial charge in [0.2, 0.25) is 0 Å². The summed E-state index contributed by atoms with van der Waals surface area (Å²) in [5, 5.41) is 3.44. The lowest BCUT2D eigenvalue weighted by atomic mass is 10.0. The van der Waals surface area contributed by atoms with Crippen molar-refractivity contribution < 1.29 is 8.78 Å². The summed E-state index contributed by atoms with van der Waals surface area (Å²) in [5.41, 5.74) is 0.522. The lowest BCUT2D eigenvalue weighted by Crippen LogP contribution is -2.21. The number of hydrogen-bond donors (Lipinski definition) is 1. The van der Waals surface area contributed by atoms with Gasteiger partial charge in [-0.2, -0.15) is 0 Å². The molecule has 7 heteroatoms. The standard InChI is InChI=1S/C13H10Br2ClF2NS/c1-2-19-12(11-4-7(14)13(15)20-11)6-3-9(17)10(18)5-8(6)16/h3-5,12,19H,2H2,1H3. The van der Waals surface area contributed by atoms with Crippen molar-refractivity contribution in [1.29, 1.82) is 0 Å². The Morgan fingerprint density at radius 2 is 1.90 bits per heavy atom. The summed E-state index contributed by atoms with van der Waals surface area (Å²) >= 11 is 14.4. The normalized spacial score (nSPS) is 12.7. The first-order chi connectivity index (χ1) is 9.43. The Labute approximate surface area is 141 Å². The van der Waals surface area contributed by atoms with Crippen LogP contribution in [0.25, 0.3) is 0 Å². The highest BCUT2D eigenvalue weighted by Gasteiger charge is 2.21. The van der Waals surface area contributed by atoms with Crippen molar-refractivity contribution in [1.82, 2.24) is 5.32 Å². The Bertz CT molecular complexity index is 614. The Kier molecular flexibility index (Phi) is 5.59. The SMILES string of the molecule is CCNC(c1cc(Br)c(Br)s1)c1cc(F)c(F)cc1Cl. The van der Waals surface area contributed by atoms with Gasteiger partial charge < -0.3 is 5.32 Å². The van der Waals surface area contributed by atoms with E-state index >= 15 is 0 Å². The van der Waals surface area contributed by atoms with Crippen molar-refractivity contribution in [2.75, 3.05) is 6.54 Å². The van der Waals surface area contributed by atoms with Gasteiger partial charge in [-0.1, -0.05) is 18.5 Å². The van der Waals surface area contributed by atoms with E-state index in [-0.39, 0.29) is 11.1 Å². The van der Waals surface area contributed by atoms with Crippen molar-refractivity contribution in [3.8, 4) is 0 Å². The number of halogens is 5. The van der Waals surface area contributed by atoms with Crippen LogP contribution in [0.1, 0.15) is 23.4 Å². The highest BCUT2D eigenvalue weighted by Crippen LogP contribution is 2.39. The molecule has 0 fully saturated rings. The third kappa shape index (κ3) is 3.42. The van der Waals surface area contributed by atoms with E-state index in [9.17, 15) is 8.78 Å². The van der Waals surface area contributed by atoms with E-state index in [0.717, 1.165) is 25.3 Å². The van der Waals surface area contributed by atoms with Crippen LogP contribution < -0.4 is 5.32 Å². The van der Waals surface area contributed by atoms with Crippen LogP contribution in [-0.4, -0.2) is 6.54 Å². The van der Waals surface area contributed by atoms with Gasteiger partial charge in [-0.3, -0.25) is 0 Å². The molecule has 20 heavy (non-hydrogen) atoms. The summed E-state index contributed by atoms with van der Waals surface area (Å²) in [4.78, 5) is 0.957. The van der Waals surface area contributed by atoms with Gasteiger partial charge in [-0.15, -0.1) is 11.3 Å². The molecule has 1 aromatic heterocycles. The zero-order chi connectivity index (χ0) is 14.9. The number of thiophene rings is 1. The predicted molar refractivity (Wildman–Crippen MR) is 86.6 cm³/mol. The fourth-order valence-electron chi connectivity index (χ4n) is 1.83. The molecule has 108 valence electrons. The molecule has 0 spiro atoms. The molecule has 0 amide bonds. The van der Waals surface area contributed by atoms with Crippen LogP contribution in [0, 0.1) is 11.6 Å². The lowest BCUT2D eigenvalue weighted by molar-refractivity contribution is 0.504. The summed E-state index contributed by atoms with van der Waals surface area (Å²) in [6, 6.07) is 3.80. The van der Waals surface area contributed by atoms with Crippen LogP contribution in [0.2, 0.25) is 5.02 Å². The second kappa shape index (κ2) is 6.83. The summed E-state index contributed by atoms with van der Waals surface area (Å²) < 4.78 is 28.5. The molecule has 1 unspecified atom stereocenters. The first kappa shape index (κ1) is 16.4. The Morgan fingerprint density at radius 3 is 2.45 bits per heavy atom. The van der Waals surface area contributed by atoms with Crippen molar-refractivity contribution in [3.63, 3.8) is 0 Å². The largest absolute Gasteiger partial charge is 0.306 e. The zero-order valence-electron chi connectivity index (χ0n) is 10.3. The first-order valence-corrected chi connectivity index (χ1v) is 8.54. The predicted octanol–water partition coefficient (Wildman–Crippen LogP) is 5.90. The van der Waals surface area contributed by atoms with Crippen LogP contribution in [0.15, 0.2) is 26.5 Å². The minimum absolute atomic E-state index is 0.204. The maximum Gasteiger partial charge on any atom is 0.160 e. The van der Waals surface area contributed by atoms with Gasteiger partial charge in [0.15, 0.2) is 11.6 Å². The summed E-state index contributed by atoms with van der Waals surface area (Å²) in [7, 11) is 0. The summed E-state index contributed by atoms with van der Waals surface area (Å²) in [5.74, 6) is -1.84. The molecule has 1 heterocycles. The van der Waals surface area contributed by atoms with E-state index in [0.29, 0.717) is 12.1 Å². The number of hydrogen-bond acceptors (Lipinski definition) is 2.